The van der Waals surface area contributed by atoms with Gasteiger partial charge in [0, 0.05) is 23.4 Å². The topological polar surface area (TPSA) is 66.0 Å². The van der Waals surface area contributed by atoms with E-state index in [0.717, 1.165) is 30.4 Å². The lowest BCUT2D eigenvalue weighted by molar-refractivity contribution is -0.0494. The smallest absolute Gasteiger partial charge is 0.387 e. The molecule has 2 aromatic rings. The number of ether oxygens (including phenoxy) is 1. The minimum atomic E-state index is -2.93. The summed E-state index contributed by atoms with van der Waals surface area (Å²) in [6.07, 6.45) is 10.4. The van der Waals surface area contributed by atoms with Crippen molar-refractivity contribution in [2.24, 2.45) is 11.8 Å². The summed E-state index contributed by atoms with van der Waals surface area (Å²) in [6, 6.07) is 4.11. The molecule has 5 nitrogen and oxygen atoms in total. The molecular weight excluding hydrogens is 350 g/mol. The van der Waals surface area contributed by atoms with Crippen LogP contribution in [0.15, 0.2) is 18.3 Å². The maximum absolute atomic E-state index is 12.6. The van der Waals surface area contributed by atoms with Gasteiger partial charge in [-0.3, -0.25) is 4.68 Å². The van der Waals surface area contributed by atoms with Gasteiger partial charge in [-0.15, -0.1) is 0 Å². The molecule has 0 unspecified atom stereocenters. The van der Waals surface area contributed by atoms with E-state index >= 15 is 0 Å². The van der Waals surface area contributed by atoms with E-state index in [0.29, 0.717) is 17.5 Å². The number of anilines is 1. The standard InChI is InChI=1S/C20H24F2N4O/c21-20(22)27-17-8-11(10-24-19(17)23)15-9-16(18-13-6-3-7-14(13)18)26(25-15)12-4-1-2-5-12/h8-10,12-14,18,20H,1-7H2,(H2,23,24)/t13-,14+,18+. The maximum Gasteiger partial charge on any atom is 0.387 e. The minimum absolute atomic E-state index is 0.0359. The van der Waals surface area contributed by atoms with Crippen molar-refractivity contribution in [1.82, 2.24) is 14.8 Å². The number of nitrogen functional groups attached to an aromatic ring is 1. The molecule has 0 aliphatic heterocycles. The summed E-state index contributed by atoms with van der Waals surface area (Å²) >= 11 is 0. The number of nitrogens with two attached hydrogens (primary N) is 1. The summed E-state index contributed by atoms with van der Waals surface area (Å²) in [5.74, 6) is 2.09. The molecule has 0 saturated heterocycles. The average molecular weight is 374 g/mol. The Morgan fingerprint density at radius 1 is 1.07 bits per heavy atom. The van der Waals surface area contributed by atoms with Gasteiger partial charge >= 0.3 is 6.61 Å². The summed E-state index contributed by atoms with van der Waals surface area (Å²) in [5, 5.41) is 4.89. The van der Waals surface area contributed by atoms with Crippen LogP contribution in [0.4, 0.5) is 14.6 Å². The third-order valence-corrected chi connectivity index (χ3v) is 6.58. The Hall–Kier alpha value is -2.18. The van der Waals surface area contributed by atoms with Crippen LogP contribution in [0.3, 0.4) is 0 Å². The van der Waals surface area contributed by atoms with Gasteiger partial charge in [-0.1, -0.05) is 19.3 Å². The molecule has 0 radical (unpaired) electrons. The third-order valence-electron chi connectivity index (χ3n) is 6.58. The fourth-order valence-corrected chi connectivity index (χ4v) is 5.29. The Morgan fingerprint density at radius 3 is 2.52 bits per heavy atom. The van der Waals surface area contributed by atoms with Gasteiger partial charge in [0.2, 0.25) is 0 Å². The lowest BCUT2D eigenvalue weighted by Crippen LogP contribution is -2.11. The molecule has 3 aliphatic rings. The highest BCUT2D eigenvalue weighted by Gasteiger charge is 2.54. The van der Waals surface area contributed by atoms with Crippen molar-refractivity contribution < 1.29 is 13.5 Å². The highest BCUT2D eigenvalue weighted by molar-refractivity contribution is 5.64. The summed E-state index contributed by atoms with van der Waals surface area (Å²) in [6.45, 7) is -2.93. The number of alkyl halides is 2. The van der Waals surface area contributed by atoms with E-state index < -0.39 is 6.61 Å². The number of fused-ring (bicyclic) bond motifs is 1. The molecule has 3 atom stereocenters. The van der Waals surface area contributed by atoms with Crippen LogP contribution < -0.4 is 10.5 Å². The van der Waals surface area contributed by atoms with Crippen molar-refractivity contribution in [3.05, 3.63) is 24.0 Å². The van der Waals surface area contributed by atoms with Gasteiger partial charge in [-0.25, -0.2) is 4.98 Å². The molecular formula is C20H24F2N4O. The third kappa shape index (κ3) is 2.97. The monoisotopic (exact) mass is 374 g/mol. The molecule has 27 heavy (non-hydrogen) atoms. The van der Waals surface area contributed by atoms with Crippen molar-refractivity contribution in [3.63, 3.8) is 0 Å². The Labute approximate surface area is 156 Å². The summed E-state index contributed by atoms with van der Waals surface area (Å²) in [7, 11) is 0. The first-order valence-corrected chi connectivity index (χ1v) is 9.92. The van der Waals surface area contributed by atoms with Crippen LogP contribution in [0.5, 0.6) is 5.75 Å². The van der Waals surface area contributed by atoms with E-state index in [-0.39, 0.29) is 11.6 Å². The molecule has 7 heteroatoms. The number of nitrogens with zero attached hydrogens (tertiary/aromatic N) is 3. The zero-order valence-electron chi connectivity index (χ0n) is 15.2. The van der Waals surface area contributed by atoms with Gasteiger partial charge < -0.3 is 10.5 Å². The van der Waals surface area contributed by atoms with E-state index in [9.17, 15) is 8.78 Å². The Morgan fingerprint density at radius 2 is 1.81 bits per heavy atom. The van der Waals surface area contributed by atoms with E-state index in [4.69, 9.17) is 10.8 Å². The molecule has 3 saturated carbocycles. The van der Waals surface area contributed by atoms with Crippen LogP contribution in [0.2, 0.25) is 0 Å². The fourth-order valence-electron chi connectivity index (χ4n) is 5.29. The average Bonchev–Trinajstić information content (AvgIpc) is 3.16. The van der Waals surface area contributed by atoms with E-state index in [1.54, 1.807) is 6.20 Å². The van der Waals surface area contributed by atoms with Crippen molar-refractivity contribution in [3.8, 4) is 17.0 Å². The summed E-state index contributed by atoms with van der Waals surface area (Å²) < 4.78 is 32.0. The van der Waals surface area contributed by atoms with Crippen molar-refractivity contribution >= 4 is 5.82 Å². The van der Waals surface area contributed by atoms with E-state index in [1.165, 1.54) is 43.9 Å². The molecule has 3 aliphatic carbocycles. The molecule has 0 aromatic carbocycles. The number of halogens is 2. The zero-order valence-corrected chi connectivity index (χ0v) is 15.2. The second kappa shape index (κ2) is 6.46. The first kappa shape index (κ1) is 17.0. The van der Waals surface area contributed by atoms with Gasteiger partial charge in [0.05, 0.1) is 11.7 Å². The van der Waals surface area contributed by atoms with Crippen molar-refractivity contribution in [1.29, 1.82) is 0 Å². The van der Waals surface area contributed by atoms with Crippen LogP contribution in [0, 0.1) is 11.8 Å². The SMILES string of the molecule is Nc1ncc(-c2cc([C@H]3[C@@H]4CCC[C@@H]43)n(C3CCCC3)n2)cc1OC(F)F. The maximum atomic E-state index is 12.6. The van der Waals surface area contributed by atoms with Gasteiger partial charge in [0.15, 0.2) is 11.6 Å². The van der Waals surface area contributed by atoms with Gasteiger partial charge in [0.25, 0.3) is 0 Å². The molecule has 3 fully saturated rings. The second-order valence-corrected chi connectivity index (χ2v) is 8.11. The number of rotatable bonds is 5. The quantitative estimate of drug-likeness (QED) is 0.820. The highest BCUT2D eigenvalue weighted by atomic mass is 19.3. The largest absolute Gasteiger partial charge is 0.431 e. The molecule has 0 amide bonds. The first-order chi connectivity index (χ1) is 13.1. The Balaban J connectivity index is 1.51. The van der Waals surface area contributed by atoms with Crippen LogP contribution in [0.25, 0.3) is 11.3 Å². The molecule has 2 N–H and O–H groups in total. The molecule has 2 aromatic heterocycles. The minimum Gasteiger partial charge on any atom is -0.431 e. The van der Waals surface area contributed by atoms with Crippen LogP contribution in [-0.2, 0) is 0 Å². The number of aromatic nitrogens is 3. The number of hydrogen-bond acceptors (Lipinski definition) is 4. The van der Waals surface area contributed by atoms with Crippen molar-refractivity contribution in [2.75, 3.05) is 5.73 Å². The van der Waals surface area contributed by atoms with E-state index in [2.05, 4.69) is 20.5 Å². The summed E-state index contributed by atoms with van der Waals surface area (Å²) in [4.78, 5) is 4.03. The van der Waals surface area contributed by atoms with Gasteiger partial charge in [0.1, 0.15) is 0 Å². The summed E-state index contributed by atoms with van der Waals surface area (Å²) in [5.41, 5.74) is 8.44. The molecule has 5 rings (SSSR count). The number of pyridine rings is 1. The zero-order chi connectivity index (χ0) is 18.5. The normalized spacial score (nSPS) is 27.3. The first-order valence-electron chi connectivity index (χ1n) is 9.92. The molecule has 2 heterocycles. The molecule has 144 valence electrons. The number of hydrogen-bond donors (Lipinski definition) is 1. The molecule has 0 spiro atoms. The second-order valence-electron chi connectivity index (χ2n) is 8.11. The van der Waals surface area contributed by atoms with Crippen LogP contribution >= 0.6 is 0 Å². The molecule has 0 bridgehead atoms. The van der Waals surface area contributed by atoms with Gasteiger partial charge in [-0.05, 0) is 49.7 Å². The Bertz CT molecular complexity index is 837. The van der Waals surface area contributed by atoms with Crippen molar-refractivity contribution in [2.45, 2.75) is 63.5 Å². The Kier molecular flexibility index (Phi) is 4.06. The lowest BCUT2D eigenvalue weighted by Gasteiger charge is -2.15. The lowest BCUT2D eigenvalue weighted by atomic mass is 10.1. The predicted molar refractivity (Wildman–Crippen MR) is 97.6 cm³/mol. The predicted octanol–water partition coefficient (Wildman–Crippen LogP) is 4.76. The van der Waals surface area contributed by atoms with E-state index in [1.807, 2.05) is 0 Å². The van der Waals surface area contributed by atoms with Gasteiger partial charge in [-0.2, -0.15) is 13.9 Å². The van der Waals surface area contributed by atoms with Crippen LogP contribution in [0.1, 0.15) is 62.6 Å². The highest BCUT2D eigenvalue weighted by Crippen LogP contribution is 2.63. The fraction of sp³-hybridized carbons (Fsp3) is 0.600. The van der Waals surface area contributed by atoms with Crippen LogP contribution in [-0.4, -0.2) is 21.4 Å².